The Balaban J connectivity index is 1.48. The smallest absolute Gasteiger partial charge is 0.228 e. The van der Waals surface area contributed by atoms with Crippen LogP contribution < -0.4 is 5.32 Å². The minimum atomic E-state index is -0.297. The van der Waals surface area contributed by atoms with Crippen molar-refractivity contribution in [1.29, 1.82) is 0 Å². The highest BCUT2D eigenvalue weighted by molar-refractivity contribution is 5.89. The molecule has 2 atom stereocenters. The van der Waals surface area contributed by atoms with Crippen LogP contribution in [0, 0.1) is 18.8 Å². The van der Waals surface area contributed by atoms with Gasteiger partial charge in [0, 0.05) is 39.1 Å². The third-order valence-corrected chi connectivity index (χ3v) is 6.49. The lowest BCUT2D eigenvalue weighted by Gasteiger charge is -2.33. The molecule has 0 aliphatic carbocycles. The van der Waals surface area contributed by atoms with E-state index in [2.05, 4.69) is 12.2 Å². The molecule has 2 aliphatic rings. The van der Waals surface area contributed by atoms with E-state index in [1.54, 1.807) is 4.90 Å². The molecule has 6 heteroatoms. The molecule has 6 nitrogen and oxygen atoms in total. The quantitative estimate of drug-likeness (QED) is 0.615. The maximum atomic E-state index is 13.1. The molecule has 3 rings (SSSR count). The van der Waals surface area contributed by atoms with Crippen LogP contribution in [0.2, 0.25) is 0 Å². The summed E-state index contributed by atoms with van der Waals surface area (Å²) in [5.41, 5.74) is 2.27. The molecular formula is C25H37N3O3. The Bertz CT molecular complexity index is 762. The Morgan fingerprint density at radius 1 is 1.06 bits per heavy atom. The maximum absolute atomic E-state index is 13.1. The van der Waals surface area contributed by atoms with Gasteiger partial charge in [0.15, 0.2) is 0 Å². The van der Waals surface area contributed by atoms with Gasteiger partial charge in [0.25, 0.3) is 0 Å². The van der Waals surface area contributed by atoms with Crippen LogP contribution in [0.25, 0.3) is 0 Å². The number of rotatable bonds is 9. The summed E-state index contributed by atoms with van der Waals surface area (Å²) in [7, 11) is 0. The van der Waals surface area contributed by atoms with Gasteiger partial charge < -0.3 is 15.1 Å². The van der Waals surface area contributed by atoms with E-state index < -0.39 is 0 Å². The molecule has 2 heterocycles. The van der Waals surface area contributed by atoms with Gasteiger partial charge in [-0.3, -0.25) is 14.4 Å². The molecule has 2 saturated heterocycles. The molecule has 2 fully saturated rings. The van der Waals surface area contributed by atoms with Crippen molar-refractivity contribution in [3.8, 4) is 0 Å². The van der Waals surface area contributed by atoms with Gasteiger partial charge in [-0.25, -0.2) is 0 Å². The number of carbonyl (C=O) groups is 3. The Labute approximate surface area is 186 Å². The van der Waals surface area contributed by atoms with E-state index in [0.717, 1.165) is 31.2 Å². The molecule has 1 N–H and O–H groups in total. The van der Waals surface area contributed by atoms with Crippen LogP contribution in [0.1, 0.15) is 63.0 Å². The van der Waals surface area contributed by atoms with E-state index in [-0.39, 0.29) is 36.0 Å². The zero-order valence-corrected chi connectivity index (χ0v) is 19.1. The zero-order valence-electron chi connectivity index (χ0n) is 19.1. The summed E-state index contributed by atoms with van der Waals surface area (Å²) in [5.74, 6) is -0.298. The number of hydrogen-bond donors (Lipinski definition) is 1. The van der Waals surface area contributed by atoms with Crippen LogP contribution >= 0.6 is 0 Å². The van der Waals surface area contributed by atoms with E-state index >= 15 is 0 Å². The number of piperidine rings is 1. The molecule has 0 spiro atoms. The molecule has 1 aromatic carbocycles. The monoisotopic (exact) mass is 427 g/mol. The summed E-state index contributed by atoms with van der Waals surface area (Å²) in [6.07, 6.45) is 6.47. The summed E-state index contributed by atoms with van der Waals surface area (Å²) in [6.45, 7) is 7.10. The van der Waals surface area contributed by atoms with E-state index in [1.165, 1.54) is 18.4 Å². The van der Waals surface area contributed by atoms with Crippen LogP contribution in [-0.2, 0) is 20.9 Å². The predicted octanol–water partition coefficient (Wildman–Crippen LogP) is 3.28. The highest BCUT2D eigenvalue weighted by Crippen LogP contribution is 2.25. The van der Waals surface area contributed by atoms with Crippen molar-refractivity contribution in [3.63, 3.8) is 0 Å². The average molecular weight is 428 g/mol. The Morgan fingerprint density at radius 3 is 2.58 bits per heavy atom. The largest absolute Gasteiger partial charge is 0.356 e. The molecule has 170 valence electrons. The zero-order chi connectivity index (χ0) is 22.2. The summed E-state index contributed by atoms with van der Waals surface area (Å²) in [5, 5.41) is 3.05. The third-order valence-electron chi connectivity index (χ3n) is 6.49. The Kier molecular flexibility index (Phi) is 8.50. The van der Waals surface area contributed by atoms with Crippen molar-refractivity contribution in [2.45, 2.75) is 65.3 Å². The maximum Gasteiger partial charge on any atom is 0.228 e. The topological polar surface area (TPSA) is 69.7 Å². The minimum absolute atomic E-state index is 0.0280. The second-order valence-corrected chi connectivity index (χ2v) is 9.14. The second kappa shape index (κ2) is 11.3. The molecule has 31 heavy (non-hydrogen) atoms. The average Bonchev–Trinajstić information content (AvgIpc) is 3.14. The van der Waals surface area contributed by atoms with Crippen molar-refractivity contribution in [3.05, 3.63) is 35.4 Å². The molecule has 1 aromatic rings. The fourth-order valence-corrected chi connectivity index (χ4v) is 4.56. The van der Waals surface area contributed by atoms with Crippen molar-refractivity contribution in [2.75, 3.05) is 26.2 Å². The first-order valence-electron chi connectivity index (χ1n) is 11.9. The standard InChI is InChI=1S/C25H37N3O3/c1-3-4-5-6-13-26-24(30)21-8-7-14-27(17-21)25(31)22-15-23(29)28(18-22)16-20-11-9-19(2)10-12-20/h9-12,21-22H,3-8,13-18H2,1-2H3,(H,26,30). The van der Waals surface area contributed by atoms with Gasteiger partial charge in [-0.05, 0) is 31.7 Å². The number of nitrogens with one attached hydrogen (secondary N) is 1. The van der Waals surface area contributed by atoms with Crippen LogP contribution in [0.15, 0.2) is 24.3 Å². The van der Waals surface area contributed by atoms with Crippen LogP contribution in [0.3, 0.4) is 0 Å². The van der Waals surface area contributed by atoms with Gasteiger partial charge in [0.2, 0.25) is 17.7 Å². The molecule has 0 aromatic heterocycles. The Morgan fingerprint density at radius 2 is 1.84 bits per heavy atom. The number of amides is 3. The molecule has 0 saturated carbocycles. The molecule has 2 unspecified atom stereocenters. The highest BCUT2D eigenvalue weighted by atomic mass is 16.2. The van der Waals surface area contributed by atoms with Crippen molar-refractivity contribution < 1.29 is 14.4 Å². The van der Waals surface area contributed by atoms with Crippen LogP contribution in [0.5, 0.6) is 0 Å². The summed E-state index contributed by atoms with van der Waals surface area (Å²) in [6, 6.07) is 8.16. The molecule has 0 radical (unpaired) electrons. The first-order chi connectivity index (χ1) is 15.0. The number of hydrogen-bond acceptors (Lipinski definition) is 3. The lowest BCUT2D eigenvalue weighted by Crippen LogP contribution is -2.47. The van der Waals surface area contributed by atoms with E-state index in [1.807, 2.05) is 36.1 Å². The van der Waals surface area contributed by atoms with Gasteiger partial charge in [-0.2, -0.15) is 0 Å². The Hall–Kier alpha value is -2.37. The predicted molar refractivity (Wildman–Crippen MR) is 121 cm³/mol. The summed E-state index contributed by atoms with van der Waals surface area (Å²) < 4.78 is 0. The lowest BCUT2D eigenvalue weighted by atomic mass is 9.95. The first kappa shape index (κ1) is 23.3. The van der Waals surface area contributed by atoms with Gasteiger partial charge in [0.1, 0.15) is 0 Å². The lowest BCUT2D eigenvalue weighted by molar-refractivity contribution is -0.139. The highest BCUT2D eigenvalue weighted by Gasteiger charge is 2.38. The molecule has 0 bridgehead atoms. The van der Waals surface area contributed by atoms with Crippen LogP contribution in [0.4, 0.5) is 0 Å². The number of carbonyl (C=O) groups excluding carboxylic acids is 3. The van der Waals surface area contributed by atoms with Gasteiger partial charge in [-0.15, -0.1) is 0 Å². The molecule has 2 aliphatic heterocycles. The van der Waals surface area contributed by atoms with E-state index in [4.69, 9.17) is 0 Å². The van der Waals surface area contributed by atoms with Gasteiger partial charge in [-0.1, -0.05) is 56.0 Å². The minimum Gasteiger partial charge on any atom is -0.356 e. The second-order valence-electron chi connectivity index (χ2n) is 9.14. The van der Waals surface area contributed by atoms with E-state index in [9.17, 15) is 14.4 Å². The third kappa shape index (κ3) is 6.55. The van der Waals surface area contributed by atoms with E-state index in [0.29, 0.717) is 32.7 Å². The SMILES string of the molecule is CCCCCCNC(=O)C1CCCN(C(=O)C2CC(=O)N(Cc3ccc(C)cc3)C2)C1. The van der Waals surface area contributed by atoms with Crippen molar-refractivity contribution >= 4 is 17.7 Å². The van der Waals surface area contributed by atoms with Gasteiger partial charge in [0.05, 0.1) is 11.8 Å². The summed E-state index contributed by atoms with van der Waals surface area (Å²) in [4.78, 5) is 41.8. The molecule has 3 amide bonds. The normalized spacial score (nSPS) is 21.4. The number of unbranched alkanes of at least 4 members (excludes halogenated alkanes) is 3. The van der Waals surface area contributed by atoms with Crippen LogP contribution in [-0.4, -0.2) is 53.7 Å². The number of benzene rings is 1. The van der Waals surface area contributed by atoms with Gasteiger partial charge >= 0.3 is 0 Å². The molecular weight excluding hydrogens is 390 g/mol. The number of aryl methyl sites for hydroxylation is 1. The number of nitrogens with zero attached hydrogens (tertiary/aromatic N) is 2. The van der Waals surface area contributed by atoms with Crippen molar-refractivity contribution in [2.24, 2.45) is 11.8 Å². The fourth-order valence-electron chi connectivity index (χ4n) is 4.56. The fraction of sp³-hybridized carbons (Fsp3) is 0.640. The first-order valence-corrected chi connectivity index (χ1v) is 11.9. The van der Waals surface area contributed by atoms with Crippen molar-refractivity contribution in [1.82, 2.24) is 15.1 Å². The summed E-state index contributed by atoms with van der Waals surface area (Å²) >= 11 is 0. The number of likely N-dealkylation sites (tertiary alicyclic amines) is 2.